The van der Waals surface area contributed by atoms with Crippen LogP contribution < -0.4 is 10.0 Å². The van der Waals surface area contributed by atoms with Crippen molar-refractivity contribution in [3.63, 3.8) is 0 Å². The van der Waals surface area contributed by atoms with Crippen molar-refractivity contribution in [1.29, 1.82) is 0 Å². The van der Waals surface area contributed by atoms with Gasteiger partial charge in [-0.05, 0) is 38.4 Å². The van der Waals surface area contributed by atoms with Crippen molar-refractivity contribution in [2.45, 2.75) is 25.8 Å². The highest BCUT2D eigenvalue weighted by Crippen LogP contribution is 2.13. The highest BCUT2D eigenvalue weighted by molar-refractivity contribution is 7.92. The Balaban J connectivity index is 1.98. The van der Waals surface area contributed by atoms with Crippen molar-refractivity contribution in [1.82, 2.24) is 5.32 Å². The molecule has 1 aromatic rings. The van der Waals surface area contributed by atoms with Gasteiger partial charge in [0.05, 0.1) is 5.75 Å². The van der Waals surface area contributed by atoms with Gasteiger partial charge in [-0.2, -0.15) is 0 Å². The van der Waals surface area contributed by atoms with Crippen molar-refractivity contribution in [3.8, 4) is 0 Å². The number of hydrogen-bond donors (Lipinski definition) is 2. The number of anilines is 1. The summed E-state index contributed by atoms with van der Waals surface area (Å²) < 4.78 is 26.4. The summed E-state index contributed by atoms with van der Waals surface area (Å²) in [6.07, 6.45) is 2.00. The van der Waals surface area contributed by atoms with E-state index in [1.807, 2.05) is 19.1 Å². The third-order valence-electron chi connectivity index (χ3n) is 2.91. The number of sulfonamides is 1. The summed E-state index contributed by atoms with van der Waals surface area (Å²) in [5.41, 5.74) is 1.75. The zero-order chi connectivity index (χ0) is 12.3. The van der Waals surface area contributed by atoms with E-state index in [9.17, 15) is 8.42 Å². The quantitative estimate of drug-likeness (QED) is 0.856. The summed E-state index contributed by atoms with van der Waals surface area (Å²) in [5, 5.41) is 3.19. The molecule has 1 aliphatic heterocycles. The molecule has 0 aliphatic carbocycles. The number of nitrogens with one attached hydrogen (secondary N) is 2. The summed E-state index contributed by atoms with van der Waals surface area (Å²) in [6.45, 7) is 2.89. The Morgan fingerprint density at radius 1 is 1.35 bits per heavy atom. The average molecular weight is 254 g/mol. The van der Waals surface area contributed by atoms with Crippen LogP contribution in [0.2, 0.25) is 0 Å². The standard InChI is InChI=1S/C12H18N2O2S/c1-10-4-6-11(7-5-10)14-17(15,16)9-12-3-2-8-13-12/h4-7,12-14H,2-3,8-9H2,1H3. The fourth-order valence-corrected chi connectivity index (χ4v) is 3.40. The van der Waals surface area contributed by atoms with Gasteiger partial charge in [-0.25, -0.2) is 8.42 Å². The van der Waals surface area contributed by atoms with Crippen LogP contribution >= 0.6 is 0 Å². The molecular weight excluding hydrogens is 236 g/mol. The van der Waals surface area contributed by atoms with Crippen molar-refractivity contribution >= 4 is 15.7 Å². The normalized spacial score (nSPS) is 20.4. The maximum absolute atomic E-state index is 11.9. The number of hydrogen-bond acceptors (Lipinski definition) is 3. The first-order valence-corrected chi connectivity index (χ1v) is 7.51. The molecule has 5 heteroatoms. The molecule has 1 saturated heterocycles. The van der Waals surface area contributed by atoms with Gasteiger partial charge >= 0.3 is 0 Å². The average Bonchev–Trinajstić information content (AvgIpc) is 2.73. The zero-order valence-corrected chi connectivity index (χ0v) is 10.8. The summed E-state index contributed by atoms with van der Waals surface area (Å²) in [5.74, 6) is 0.154. The molecule has 0 bridgehead atoms. The van der Waals surface area contributed by atoms with Gasteiger partial charge in [0.1, 0.15) is 0 Å². The van der Waals surface area contributed by atoms with Gasteiger partial charge in [0.15, 0.2) is 0 Å². The number of aryl methyl sites for hydroxylation is 1. The number of rotatable bonds is 4. The molecule has 0 spiro atoms. The molecule has 2 N–H and O–H groups in total. The largest absolute Gasteiger partial charge is 0.313 e. The third kappa shape index (κ3) is 3.71. The van der Waals surface area contributed by atoms with E-state index in [4.69, 9.17) is 0 Å². The van der Waals surface area contributed by atoms with E-state index < -0.39 is 10.0 Å². The van der Waals surface area contributed by atoms with E-state index >= 15 is 0 Å². The molecule has 0 radical (unpaired) electrons. The van der Waals surface area contributed by atoms with Crippen LogP contribution in [-0.4, -0.2) is 26.8 Å². The molecular formula is C12H18N2O2S. The zero-order valence-electron chi connectivity index (χ0n) is 9.94. The molecule has 94 valence electrons. The third-order valence-corrected chi connectivity index (χ3v) is 4.30. The first-order valence-electron chi connectivity index (χ1n) is 5.86. The molecule has 1 atom stereocenters. The lowest BCUT2D eigenvalue weighted by atomic mass is 10.2. The van der Waals surface area contributed by atoms with Crippen LogP contribution in [0, 0.1) is 6.92 Å². The highest BCUT2D eigenvalue weighted by Gasteiger charge is 2.21. The molecule has 0 saturated carbocycles. The monoisotopic (exact) mass is 254 g/mol. The molecule has 0 amide bonds. The molecule has 2 rings (SSSR count). The van der Waals surface area contributed by atoms with Gasteiger partial charge in [-0.15, -0.1) is 0 Å². The molecule has 1 heterocycles. The molecule has 1 aromatic carbocycles. The second-order valence-electron chi connectivity index (χ2n) is 4.54. The lowest BCUT2D eigenvalue weighted by molar-refractivity contribution is 0.582. The van der Waals surface area contributed by atoms with E-state index in [-0.39, 0.29) is 11.8 Å². The van der Waals surface area contributed by atoms with Gasteiger partial charge in [-0.1, -0.05) is 17.7 Å². The highest BCUT2D eigenvalue weighted by atomic mass is 32.2. The Kier molecular flexibility index (Phi) is 3.69. The van der Waals surface area contributed by atoms with Crippen LogP contribution in [0.15, 0.2) is 24.3 Å². The van der Waals surface area contributed by atoms with E-state index in [1.54, 1.807) is 12.1 Å². The van der Waals surface area contributed by atoms with E-state index in [0.717, 1.165) is 24.9 Å². The summed E-state index contributed by atoms with van der Waals surface area (Å²) in [6, 6.07) is 7.46. The lowest BCUT2D eigenvalue weighted by Gasteiger charge is -2.12. The molecule has 17 heavy (non-hydrogen) atoms. The van der Waals surface area contributed by atoms with Crippen molar-refractivity contribution < 1.29 is 8.42 Å². The second kappa shape index (κ2) is 5.06. The van der Waals surface area contributed by atoms with Gasteiger partial charge in [-0.3, -0.25) is 4.72 Å². The Morgan fingerprint density at radius 3 is 2.65 bits per heavy atom. The number of benzene rings is 1. The minimum Gasteiger partial charge on any atom is -0.313 e. The van der Waals surface area contributed by atoms with Crippen LogP contribution in [0.25, 0.3) is 0 Å². The summed E-state index contributed by atoms with van der Waals surface area (Å²) >= 11 is 0. The molecule has 4 nitrogen and oxygen atoms in total. The molecule has 1 fully saturated rings. The predicted molar refractivity (Wildman–Crippen MR) is 69.6 cm³/mol. The maximum atomic E-state index is 11.9. The molecule has 1 unspecified atom stereocenters. The topological polar surface area (TPSA) is 58.2 Å². The van der Waals surface area contributed by atoms with Gasteiger partial charge < -0.3 is 5.32 Å². The Labute approximate surface area is 102 Å². The Morgan fingerprint density at radius 2 is 2.06 bits per heavy atom. The first-order chi connectivity index (χ1) is 8.05. The molecule has 1 aliphatic rings. The minimum absolute atomic E-state index is 0.0953. The predicted octanol–water partition coefficient (Wildman–Crippen LogP) is 1.49. The smallest absolute Gasteiger partial charge is 0.234 e. The maximum Gasteiger partial charge on any atom is 0.234 e. The van der Waals surface area contributed by atoms with Crippen LogP contribution in [0.5, 0.6) is 0 Å². The van der Waals surface area contributed by atoms with E-state index in [0.29, 0.717) is 5.69 Å². The fourth-order valence-electron chi connectivity index (χ4n) is 2.01. The van der Waals surface area contributed by atoms with Crippen LogP contribution in [0.4, 0.5) is 5.69 Å². The Bertz CT molecular complexity index is 462. The van der Waals surface area contributed by atoms with Gasteiger partial charge in [0.2, 0.25) is 10.0 Å². The SMILES string of the molecule is Cc1ccc(NS(=O)(=O)CC2CCCN2)cc1. The van der Waals surface area contributed by atoms with Crippen LogP contribution in [0.3, 0.4) is 0 Å². The lowest BCUT2D eigenvalue weighted by Crippen LogP contribution is -2.32. The van der Waals surface area contributed by atoms with Crippen molar-refractivity contribution in [3.05, 3.63) is 29.8 Å². The minimum atomic E-state index is -3.24. The molecule has 0 aromatic heterocycles. The first kappa shape index (κ1) is 12.4. The van der Waals surface area contributed by atoms with Crippen molar-refractivity contribution in [2.24, 2.45) is 0 Å². The van der Waals surface area contributed by atoms with E-state index in [1.165, 1.54) is 0 Å². The second-order valence-corrected chi connectivity index (χ2v) is 6.31. The summed E-state index contributed by atoms with van der Waals surface area (Å²) in [7, 11) is -3.24. The Hall–Kier alpha value is -1.07. The summed E-state index contributed by atoms with van der Waals surface area (Å²) in [4.78, 5) is 0. The van der Waals surface area contributed by atoms with E-state index in [2.05, 4.69) is 10.0 Å². The van der Waals surface area contributed by atoms with Crippen LogP contribution in [0.1, 0.15) is 18.4 Å². The van der Waals surface area contributed by atoms with Gasteiger partial charge in [0, 0.05) is 11.7 Å². The van der Waals surface area contributed by atoms with Crippen LogP contribution in [-0.2, 0) is 10.0 Å². The fraction of sp³-hybridized carbons (Fsp3) is 0.500. The van der Waals surface area contributed by atoms with Crippen molar-refractivity contribution in [2.75, 3.05) is 17.0 Å². The van der Waals surface area contributed by atoms with Gasteiger partial charge in [0.25, 0.3) is 0 Å².